The maximum absolute atomic E-state index is 11.9. The molecule has 0 amide bonds. The first-order valence-corrected chi connectivity index (χ1v) is 5.79. The van der Waals surface area contributed by atoms with E-state index in [1.807, 2.05) is 13.8 Å². The van der Waals surface area contributed by atoms with Gasteiger partial charge in [0.1, 0.15) is 5.56 Å². The molecular formula is C12H17NO3. The fraction of sp³-hybridized carbons (Fsp3) is 0.667. The molecule has 1 aliphatic rings. The second-order valence-electron chi connectivity index (χ2n) is 4.61. The predicted octanol–water partition coefficient (Wildman–Crippen LogP) is 2.93. The molecule has 0 spiro atoms. The van der Waals surface area contributed by atoms with Gasteiger partial charge in [-0.25, -0.2) is 0 Å². The monoisotopic (exact) mass is 223 g/mol. The van der Waals surface area contributed by atoms with E-state index in [1.165, 1.54) is 0 Å². The van der Waals surface area contributed by atoms with Crippen molar-refractivity contribution >= 4 is 5.78 Å². The molecule has 0 aromatic carbocycles. The molecule has 2 rings (SSSR count). The zero-order valence-corrected chi connectivity index (χ0v) is 9.95. The molecule has 1 heterocycles. The molecule has 0 saturated carbocycles. The Balaban J connectivity index is 2.40. The van der Waals surface area contributed by atoms with Gasteiger partial charge in [-0.3, -0.25) is 4.79 Å². The van der Waals surface area contributed by atoms with Gasteiger partial charge in [0.15, 0.2) is 11.5 Å². The Morgan fingerprint density at radius 3 is 2.94 bits per heavy atom. The van der Waals surface area contributed by atoms with Crippen molar-refractivity contribution in [2.75, 3.05) is 0 Å². The lowest BCUT2D eigenvalue weighted by Gasteiger charge is -2.07. The zero-order chi connectivity index (χ0) is 11.7. The lowest BCUT2D eigenvalue weighted by molar-refractivity contribution is 0.0976. The van der Waals surface area contributed by atoms with Crippen LogP contribution >= 0.6 is 0 Å². The highest BCUT2D eigenvalue weighted by Crippen LogP contribution is 2.35. The summed E-state index contributed by atoms with van der Waals surface area (Å²) in [5, 5.41) is 3.86. The van der Waals surface area contributed by atoms with Crippen LogP contribution in [0.4, 0.5) is 0 Å². The summed E-state index contributed by atoms with van der Waals surface area (Å²) in [4.78, 5) is 11.9. The third-order valence-electron chi connectivity index (χ3n) is 2.80. The Kier molecular flexibility index (Phi) is 2.99. The van der Waals surface area contributed by atoms with Gasteiger partial charge in [0.25, 0.3) is 5.88 Å². The first kappa shape index (κ1) is 11.2. The zero-order valence-electron chi connectivity index (χ0n) is 9.95. The molecule has 16 heavy (non-hydrogen) atoms. The minimum absolute atomic E-state index is 0.000518. The number of rotatable bonds is 2. The van der Waals surface area contributed by atoms with E-state index in [4.69, 9.17) is 9.26 Å². The number of nitrogens with zero attached hydrogens (tertiary/aromatic N) is 1. The topological polar surface area (TPSA) is 52.3 Å². The molecule has 1 atom stereocenters. The molecule has 0 saturated heterocycles. The van der Waals surface area contributed by atoms with E-state index in [2.05, 4.69) is 12.1 Å². The van der Waals surface area contributed by atoms with Crippen LogP contribution in [0.5, 0.6) is 5.88 Å². The molecule has 0 aliphatic heterocycles. The molecule has 1 aromatic rings. The largest absolute Gasteiger partial charge is 0.472 e. The van der Waals surface area contributed by atoms with Crippen LogP contribution in [0.1, 0.15) is 62.1 Å². The highest BCUT2D eigenvalue weighted by Gasteiger charge is 2.30. The van der Waals surface area contributed by atoms with Gasteiger partial charge >= 0.3 is 0 Å². The first-order chi connectivity index (χ1) is 7.59. The van der Waals surface area contributed by atoms with Crippen LogP contribution in [0, 0.1) is 0 Å². The molecule has 0 fully saturated rings. The summed E-state index contributed by atoms with van der Waals surface area (Å²) in [5.74, 6) is 1.40. The summed E-state index contributed by atoms with van der Waals surface area (Å²) in [6.07, 6.45) is 2.44. The van der Waals surface area contributed by atoms with Crippen molar-refractivity contribution in [1.82, 2.24) is 5.16 Å². The van der Waals surface area contributed by atoms with Crippen molar-refractivity contribution < 1.29 is 14.1 Å². The number of carbonyl (C=O) groups excluding carboxylic acids is 1. The average Bonchev–Trinajstić information content (AvgIpc) is 2.54. The van der Waals surface area contributed by atoms with E-state index in [0.717, 1.165) is 12.8 Å². The molecule has 0 radical (unpaired) electrons. The van der Waals surface area contributed by atoms with Crippen molar-refractivity contribution in [1.29, 1.82) is 0 Å². The Labute approximate surface area is 95.0 Å². The maximum atomic E-state index is 11.9. The molecule has 1 unspecified atom stereocenters. The van der Waals surface area contributed by atoms with Crippen LogP contribution < -0.4 is 4.74 Å². The summed E-state index contributed by atoms with van der Waals surface area (Å²) in [6.45, 7) is 5.87. The second kappa shape index (κ2) is 4.28. The normalized spacial score (nSPS) is 20.8. The van der Waals surface area contributed by atoms with Gasteiger partial charge in [0.2, 0.25) is 0 Å². The summed E-state index contributed by atoms with van der Waals surface area (Å²) in [6, 6.07) is 0. The van der Waals surface area contributed by atoms with Crippen LogP contribution in [0.3, 0.4) is 0 Å². The van der Waals surface area contributed by atoms with Gasteiger partial charge in [-0.2, -0.15) is 0 Å². The number of ether oxygens (including phenoxy) is 1. The third kappa shape index (κ3) is 1.96. The van der Waals surface area contributed by atoms with Crippen molar-refractivity contribution in [3.8, 4) is 5.88 Å². The van der Waals surface area contributed by atoms with Gasteiger partial charge in [-0.15, -0.1) is 0 Å². The van der Waals surface area contributed by atoms with Crippen molar-refractivity contribution in [2.24, 2.45) is 0 Å². The lowest BCUT2D eigenvalue weighted by Crippen LogP contribution is -2.09. The first-order valence-electron chi connectivity index (χ1n) is 5.79. The fourth-order valence-corrected chi connectivity index (χ4v) is 2.01. The molecule has 0 bridgehead atoms. The maximum Gasteiger partial charge on any atom is 0.265 e. The summed E-state index contributed by atoms with van der Waals surface area (Å²) >= 11 is 0. The highest BCUT2D eigenvalue weighted by molar-refractivity contribution is 5.99. The predicted molar refractivity (Wildman–Crippen MR) is 58.9 cm³/mol. The average molecular weight is 223 g/mol. The van der Waals surface area contributed by atoms with Crippen LogP contribution in [0.15, 0.2) is 4.52 Å². The summed E-state index contributed by atoms with van der Waals surface area (Å²) < 4.78 is 10.8. The Hall–Kier alpha value is -1.32. The van der Waals surface area contributed by atoms with Crippen molar-refractivity contribution in [3.63, 3.8) is 0 Å². The quantitative estimate of drug-likeness (QED) is 0.723. The fourth-order valence-electron chi connectivity index (χ4n) is 2.01. The number of Topliss-reactive ketones (excluding diaryl/α,β-unsaturated/α-hetero) is 1. The molecule has 88 valence electrons. The highest BCUT2D eigenvalue weighted by atomic mass is 16.5. The Morgan fingerprint density at radius 2 is 2.25 bits per heavy atom. The number of fused-ring (bicyclic) bond motifs is 1. The molecule has 0 N–H and O–H groups in total. The van der Waals surface area contributed by atoms with E-state index in [1.54, 1.807) is 0 Å². The van der Waals surface area contributed by atoms with E-state index in [9.17, 15) is 4.79 Å². The smallest absolute Gasteiger partial charge is 0.265 e. The van der Waals surface area contributed by atoms with Crippen molar-refractivity contribution in [3.05, 3.63) is 11.3 Å². The van der Waals surface area contributed by atoms with Gasteiger partial charge in [0, 0.05) is 12.3 Å². The number of carbonyl (C=O) groups is 1. The van der Waals surface area contributed by atoms with E-state index < -0.39 is 0 Å². The van der Waals surface area contributed by atoms with Gasteiger partial charge < -0.3 is 9.26 Å². The van der Waals surface area contributed by atoms with Gasteiger partial charge in [-0.1, -0.05) is 6.92 Å². The Morgan fingerprint density at radius 1 is 1.50 bits per heavy atom. The van der Waals surface area contributed by atoms with Crippen LogP contribution in [-0.2, 0) is 0 Å². The number of ketones is 1. The second-order valence-corrected chi connectivity index (χ2v) is 4.61. The van der Waals surface area contributed by atoms with Gasteiger partial charge in [-0.05, 0) is 31.8 Å². The minimum Gasteiger partial charge on any atom is -0.472 e. The standard InChI is InChI=1S/C12H17NO3/c1-7(2)15-12-10-9(14)6-4-5-8(3)11(10)16-13-12/h7-8H,4-6H2,1-3H3. The third-order valence-corrected chi connectivity index (χ3v) is 2.80. The van der Waals surface area contributed by atoms with Crippen LogP contribution in [-0.4, -0.2) is 17.0 Å². The lowest BCUT2D eigenvalue weighted by atomic mass is 10.0. The molecule has 4 nitrogen and oxygen atoms in total. The summed E-state index contributed by atoms with van der Waals surface area (Å²) in [5.41, 5.74) is 0.568. The summed E-state index contributed by atoms with van der Waals surface area (Å²) in [7, 11) is 0. The molecule has 4 heteroatoms. The number of aromatic nitrogens is 1. The van der Waals surface area contributed by atoms with E-state index in [0.29, 0.717) is 23.6 Å². The molecule has 1 aromatic heterocycles. The van der Waals surface area contributed by atoms with E-state index in [-0.39, 0.29) is 17.8 Å². The molecule has 1 aliphatic carbocycles. The van der Waals surface area contributed by atoms with E-state index >= 15 is 0 Å². The number of hydrogen-bond donors (Lipinski definition) is 0. The number of hydrogen-bond acceptors (Lipinski definition) is 4. The molecular weight excluding hydrogens is 206 g/mol. The van der Waals surface area contributed by atoms with Crippen molar-refractivity contribution in [2.45, 2.75) is 52.1 Å². The SMILES string of the molecule is CC(C)Oc1noc2c1C(=O)CCCC2C. The van der Waals surface area contributed by atoms with Crippen LogP contribution in [0.2, 0.25) is 0 Å². The van der Waals surface area contributed by atoms with Gasteiger partial charge in [0.05, 0.1) is 6.10 Å². The Bertz CT molecular complexity index is 395. The van der Waals surface area contributed by atoms with Crippen LogP contribution in [0.25, 0.3) is 0 Å². The minimum atomic E-state index is 0.000518.